The fourth-order valence-corrected chi connectivity index (χ4v) is 3.48. The Hall–Kier alpha value is -2.48. The average Bonchev–Trinajstić information content (AvgIpc) is 3.40. The van der Waals surface area contributed by atoms with Gasteiger partial charge in [0.05, 0.1) is 14.2 Å². The van der Waals surface area contributed by atoms with E-state index in [0.29, 0.717) is 6.04 Å². The van der Waals surface area contributed by atoms with E-state index in [0.717, 1.165) is 37.0 Å². The molecule has 1 unspecified atom stereocenters. The molecule has 0 bridgehead atoms. The molecule has 30 heavy (non-hydrogen) atoms. The Morgan fingerprint density at radius 3 is 2.17 bits per heavy atom. The molecule has 2 aliphatic heterocycles. The van der Waals surface area contributed by atoms with Gasteiger partial charge >= 0.3 is 6.09 Å². The number of halogens is 1. The van der Waals surface area contributed by atoms with E-state index in [1.54, 1.807) is 14.2 Å². The second-order valence-electron chi connectivity index (χ2n) is 7.12. The summed E-state index contributed by atoms with van der Waals surface area (Å²) >= 11 is 0. The lowest BCUT2D eigenvalue weighted by Gasteiger charge is -2.39. The SMILES string of the molecule is CN1OC1=O.COc1cccc(C(C)N2CCN(c3ccccc3C)CC2)c1.Cl.O. The van der Waals surface area contributed by atoms with Gasteiger partial charge in [0.15, 0.2) is 0 Å². The molecule has 2 saturated heterocycles. The van der Waals surface area contributed by atoms with Crippen LogP contribution in [0, 0.1) is 6.92 Å². The van der Waals surface area contributed by atoms with Crippen molar-refractivity contribution in [2.24, 2.45) is 0 Å². The van der Waals surface area contributed by atoms with Crippen LogP contribution < -0.4 is 9.64 Å². The molecule has 2 aliphatic rings. The van der Waals surface area contributed by atoms with Crippen molar-refractivity contribution in [3.8, 4) is 5.75 Å². The summed E-state index contributed by atoms with van der Waals surface area (Å²) in [5.74, 6) is 0.938. The maximum atomic E-state index is 9.59. The van der Waals surface area contributed by atoms with Crippen molar-refractivity contribution < 1.29 is 19.8 Å². The highest BCUT2D eigenvalue weighted by molar-refractivity contribution is 5.85. The number of ether oxygens (including phenoxy) is 1. The minimum absolute atomic E-state index is 0. The summed E-state index contributed by atoms with van der Waals surface area (Å²) in [4.78, 5) is 18.8. The molecular weight excluding hydrogens is 406 g/mol. The molecular formula is C22H32ClN3O4. The Morgan fingerprint density at radius 2 is 1.63 bits per heavy atom. The van der Waals surface area contributed by atoms with Gasteiger partial charge in [-0.2, -0.15) is 0 Å². The van der Waals surface area contributed by atoms with Crippen LogP contribution in [0.3, 0.4) is 0 Å². The van der Waals surface area contributed by atoms with Gasteiger partial charge in [-0.1, -0.05) is 30.3 Å². The predicted molar refractivity (Wildman–Crippen MR) is 121 cm³/mol. The number of carbonyl (C=O) groups excluding carboxylic acids is 1. The zero-order valence-electron chi connectivity index (χ0n) is 18.0. The van der Waals surface area contributed by atoms with E-state index in [4.69, 9.17) is 4.74 Å². The number of hydrogen-bond acceptors (Lipinski definition) is 5. The smallest absolute Gasteiger partial charge is 0.467 e. The van der Waals surface area contributed by atoms with Crippen molar-refractivity contribution in [3.63, 3.8) is 0 Å². The first kappa shape index (κ1) is 25.6. The number of carbonyl (C=O) groups is 1. The third-order valence-electron chi connectivity index (χ3n) is 5.33. The Kier molecular flexibility index (Phi) is 9.92. The van der Waals surface area contributed by atoms with Crippen LogP contribution in [-0.2, 0) is 4.84 Å². The fraction of sp³-hybridized carbons (Fsp3) is 0.409. The monoisotopic (exact) mass is 437 g/mol. The zero-order valence-corrected chi connectivity index (χ0v) is 18.8. The summed E-state index contributed by atoms with van der Waals surface area (Å²) in [5, 5.41) is 1.15. The van der Waals surface area contributed by atoms with Gasteiger partial charge in [0.2, 0.25) is 0 Å². The van der Waals surface area contributed by atoms with Crippen LogP contribution in [0.4, 0.5) is 10.5 Å². The molecule has 2 heterocycles. The van der Waals surface area contributed by atoms with Crippen LogP contribution in [0.5, 0.6) is 5.75 Å². The predicted octanol–water partition coefficient (Wildman–Crippen LogP) is 3.47. The molecule has 1 atom stereocenters. The molecule has 0 saturated carbocycles. The molecule has 8 heteroatoms. The Bertz CT molecular complexity index is 812. The summed E-state index contributed by atoms with van der Waals surface area (Å²) in [6, 6.07) is 17.5. The lowest BCUT2D eigenvalue weighted by atomic mass is 10.1. The van der Waals surface area contributed by atoms with Gasteiger partial charge in [0.25, 0.3) is 0 Å². The van der Waals surface area contributed by atoms with E-state index in [1.165, 1.54) is 16.8 Å². The van der Waals surface area contributed by atoms with E-state index in [9.17, 15) is 4.79 Å². The van der Waals surface area contributed by atoms with Crippen LogP contribution in [0.1, 0.15) is 24.1 Å². The van der Waals surface area contributed by atoms with Crippen LogP contribution >= 0.6 is 12.4 Å². The van der Waals surface area contributed by atoms with Crippen LogP contribution in [0.15, 0.2) is 48.5 Å². The number of nitrogens with zero attached hydrogens (tertiary/aromatic N) is 3. The van der Waals surface area contributed by atoms with Gasteiger partial charge in [-0.05, 0) is 43.2 Å². The molecule has 7 nitrogen and oxygen atoms in total. The summed E-state index contributed by atoms with van der Waals surface area (Å²) in [6.07, 6.45) is -0.245. The second kappa shape index (κ2) is 11.6. The first-order chi connectivity index (χ1) is 13.5. The van der Waals surface area contributed by atoms with Crippen LogP contribution in [-0.4, -0.2) is 61.9 Å². The minimum Gasteiger partial charge on any atom is -0.497 e. The standard InChI is InChI=1S/C20H26N2O.C2H3NO2.ClH.H2O/c1-16-7-4-5-10-20(16)22-13-11-21(12-14-22)17(2)18-8-6-9-19(15-18)23-3;1-3-2(4)5-3;;/h4-10,15,17H,11-14H2,1-3H3;1H3;1H;1H2. The number of hydroxylamine groups is 2. The highest BCUT2D eigenvalue weighted by Crippen LogP contribution is 2.27. The number of methoxy groups -OCH3 is 1. The largest absolute Gasteiger partial charge is 0.497 e. The van der Waals surface area contributed by atoms with Gasteiger partial charge in [-0.15, -0.1) is 17.5 Å². The molecule has 4 rings (SSSR count). The molecule has 2 N–H and O–H groups in total. The molecule has 0 aliphatic carbocycles. The first-order valence-electron chi connectivity index (χ1n) is 9.64. The Balaban J connectivity index is 0.000000566. The molecule has 166 valence electrons. The molecule has 1 amide bonds. The number of aryl methyl sites for hydroxylation is 1. The average molecular weight is 438 g/mol. The zero-order chi connectivity index (χ0) is 20.1. The molecule has 0 spiro atoms. The summed E-state index contributed by atoms with van der Waals surface area (Å²) < 4.78 is 5.35. The highest BCUT2D eigenvalue weighted by atomic mass is 35.5. The number of anilines is 1. The molecule has 2 fully saturated rings. The third-order valence-corrected chi connectivity index (χ3v) is 5.33. The van der Waals surface area contributed by atoms with Crippen molar-refractivity contribution in [1.29, 1.82) is 0 Å². The number of rotatable bonds is 4. The minimum atomic E-state index is -0.245. The van der Waals surface area contributed by atoms with Gasteiger partial charge in [0.1, 0.15) is 5.75 Å². The van der Waals surface area contributed by atoms with Crippen molar-refractivity contribution in [2.75, 3.05) is 45.2 Å². The van der Waals surface area contributed by atoms with Crippen LogP contribution in [0.2, 0.25) is 0 Å². The third kappa shape index (κ3) is 6.52. The number of hydrogen-bond donors (Lipinski definition) is 0. The van der Waals surface area contributed by atoms with E-state index in [-0.39, 0.29) is 24.0 Å². The lowest BCUT2D eigenvalue weighted by Crippen LogP contribution is -2.47. The molecule has 2 aromatic rings. The van der Waals surface area contributed by atoms with E-state index in [2.05, 4.69) is 70.9 Å². The maximum absolute atomic E-state index is 9.59. The summed E-state index contributed by atoms with van der Waals surface area (Å²) in [7, 11) is 3.28. The summed E-state index contributed by atoms with van der Waals surface area (Å²) in [5.41, 5.74) is 4.07. The van der Waals surface area contributed by atoms with Crippen LogP contribution in [0.25, 0.3) is 0 Å². The normalized spacial score (nSPS) is 16.2. The topological polar surface area (TPSA) is 79.8 Å². The fourth-order valence-electron chi connectivity index (χ4n) is 3.48. The second-order valence-corrected chi connectivity index (χ2v) is 7.12. The highest BCUT2D eigenvalue weighted by Gasteiger charge is 2.28. The van der Waals surface area contributed by atoms with Crippen molar-refractivity contribution in [3.05, 3.63) is 59.7 Å². The van der Waals surface area contributed by atoms with E-state index in [1.807, 2.05) is 6.07 Å². The van der Waals surface area contributed by atoms with E-state index < -0.39 is 0 Å². The lowest BCUT2D eigenvalue weighted by molar-refractivity contribution is 0.198. The molecule has 0 radical (unpaired) electrons. The van der Waals surface area contributed by atoms with Crippen molar-refractivity contribution >= 4 is 24.2 Å². The van der Waals surface area contributed by atoms with Crippen molar-refractivity contribution in [1.82, 2.24) is 9.96 Å². The molecule has 2 aromatic carbocycles. The van der Waals surface area contributed by atoms with Gasteiger partial charge in [-0.25, -0.2) is 4.79 Å². The number of benzene rings is 2. The van der Waals surface area contributed by atoms with Gasteiger partial charge in [-0.3, -0.25) is 4.90 Å². The van der Waals surface area contributed by atoms with E-state index >= 15 is 0 Å². The Morgan fingerprint density at radius 1 is 1.03 bits per heavy atom. The maximum Gasteiger partial charge on any atom is 0.467 e. The number of piperazine rings is 1. The Labute approximate surface area is 184 Å². The number of amides is 1. The van der Waals surface area contributed by atoms with Gasteiger partial charge in [0, 0.05) is 37.9 Å². The quantitative estimate of drug-likeness (QED) is 0.684. The molecule has 0 aromatic heterocycles. The number of para-hydroxylation sites is 1. The first-order valence-corrected chi connectivity index (χ1v) is 9.64. The summed E-state index contributed by atoms with van der Waals surface area (Å²) in [6.45, 7) is 8.83. The van der Waals surface area contributed by atoms with Crippen molar-refractivity contribution in [2.45, 2.75) is 19.9 Å². The van der Waals surface area contributed by atoms with Gasteiger partial charge < -0.3 is 20.0 Å².